The fourth-order valence-electron chi connectivity index (χ4n) is 1.76. The SMILES string of the molecule is CC(C)(C)CC(Cl)CNCc1ccc(F)c(F)c1. The third-order valence-electron chi connectivity index (χ3n) is 2.51. The number of halogens is 3. The van der Waals surface area contributed by atoms with Crippen molar-refractivity contribution >= 4 is 11.6 Å². The summed E-state index contributed by atoms with van der Waals surface area (Å²) in [5.41, 5.74) is 0.907. The van der Waals surface area contributed by atoms with Gasteiger partial charge in [-0.05, 0) is 29.5 Å². The molecule has 0 aromatic heterocycles. The number of hydrogen-bond donors (Lipinski definition) is 1. The predicted molar refractivity (Wildman–Crippen MR) is 71.8 cm³/mol. The van der Waals surface area contributed by atoms with Gasteiger partial charge in [-0.25, -0.2) is 8.78 Å². The Balaban J connectivity index is 2.35. The molecule has 1 aromatic rings. The fraction of sp³-hybridized carbons (Fsp3) is 0.571. The molecule has 1 aromatic carbocycles. The molecule has 0 aliphatic carbocycles. The molecule has 102 valence electrons. The van der Waals surface area contributed by atoms with E-state index in [1.54, 1.807) is 6.07 Å². The van der Waals surface area contributed by atoms with Crippen molar-refractivity contribution in [1.29, 1.82) is 0 Å². The van der Waals surface area contributed by atoms with E-state index in [1.807, 2.05) is 0 Å². The average Bonchev–Trinajstić information content (AvgIpc) is 2.20. The Morgan fingerprint density at radius 1 is 1.22 bits per heavy atom. The highest BCUT2D eigenvalue weighted by molar-refractivity contribution is 6.20. The number of nitrogens with one attached hydrogen (secondary N) is 1. The minimum absolute atomic E-state index is 0.0373. The maximum Gasteiger partial charge on any atom is 0.159 e. The van der Waals surface area contributed by atoms with Crippen LogP contribution in [-0.2, 0) is 6.54 Å². The molecule has 1 atom stereocenters. The van der Waals surface area contributed by atoms with Crippen molar-refractivity contribution in [2.24, 2.45) is 5.41 Å². The van der Waals surface area contributed by atoms with Crippen LogP contribution >= 0.6 is 11.6 Å². The molecule has 0 aliphatic heterocycles. The van der Waals surface area contributed by atoms with E-state index in [1.165, 1.54) is 6.07 Å². The quantitative estimate of drug-likeness (QED) is 0.798. The molecule has 0 bridgehead atoms. The highest BCUT2D eigenvalue weighted by atomic mass is 35.5. The Hall–Kier alpha value is -0.670. The molecule has 0 aliphatic rings. The monoisotopic (exact) mass is 275 g/mol. The third-order valence-corrected chi connectivity index (χ3v) is 2.82. The maximum absolute atomic E-state index is 13.0. The van der Waals surface area contributed by atoms with Crippen LogP contribution in [0.5, 0.6) is 0 Å². The van der Waals surface area contributed by atoms with Crippen molar-refractivity contribution in [2.45, 2.75) is 39.1 Å². The van der Waals surface area contributed by atoms with Gasteiger partial charge in [-0.2, -0.15) is 0 Å². The minimum atomic E-state index is -0.818. The summed E-state index contributed by atoms with van der Waals surface area (Å²) in [6.07, 6.45) is 0.902. The molecular weight excluding hydrogens is 256 g/mol. The Morgan fingerprint density at radius 3 is 2.44 bits per heavy atom. The van der Waals surface area contributed by atoms with E-state index < -0.39 is 11.6 Å². The van der Waals surface area contributed by atoms with Crippen LogP contribution in [0.15, 0.2) is 18.2 Å². The van der Waals surface area contributed by atoms with Gasteiger partial charge >= 0.3 is 0 Å². The van der Waals surface area contributed by atoms with Crippen LogP contribution in [0, 0.1) is 17.0 Å². The summed E-state index contributed by atoms with van der Waals surface area (Å²) < 4.78 is 25.7. The van der Waals surface area contributed by atoms with E-state index >= 15 is 0 Å². The molecule has 0 amide bonds. The van der Waals surface area contributed by atoms with Crippen molar-refractivity contribution in [3.05, 3.63) is 35.4 Å². The summed E-state index contributed by atoms with van der Waals surface area (Å²) in [6, 6.07) is 3.91. The van der Waals surface area contributed by atoms with Gasteiger partial charge in [0, 0.05) is 18.5 Å². The van der Waals surface area contributed by atoms with Crippen molar-refractivity contribution in [3.8, 4) is 0 Å². The molecule has 0 fully saturated rings. The number of alkyl halides is 1. The van der Waals surface area contributed by atoms with E-state index in [-0.39, 0.29) is 10.8 Å². The Kier molecular flexibility index (Phi) is 5.54. The third kappa shape index (κ3) is 5.78. The van der Waals surface area contributed by atoms with Crippen molar-refractivity contribution in [3.63, 3.8) is 0 Å². The predicted octanol–water partition coefficient (Wildman–Crippen LogP) is 4.10. The molecule has 4 heteroatoms. The van der Waals surface area contributed by atoms with Crippen molar-refractivity contribution in [2.75, 3.05) is 6.54 Å². The number of rotatable bonds is 5. The maximum atomic E-state index is 13.0. The van der Waals surface area contributed by atoms with Crippen LogP contribution in [0.4, 0.5) is 8.78 Å². The molecule has 0 heterocycles. The van der Waals surface area contributed by atoms with E-state index in [0.717, 1.165) is 12.5 Å². The van der Waals surface area contributed by atoms with Gasteiger partial charge in [-0.1, -0.05) is 26.8 Å². The molecule has 0 radical (unpaired) electrons. The number of benzene rings is 1. The van der Waals surface area contributed by atoms with Crippen LogP contribution in [-0.4, -0.2) is 11.9 Å². The Morgan fingerprint density at radius 2 is 1.89 bits per heavy atom. The number of hydrogen-bond acceptors (Lipinski definition) is 1. The molecule has 18 heavy (non-hydrogen) atoms. The average molecular weight is 276 g/mol. The highest BCUT2D eigenvalue weighted by Crippen LogP contribution is 2.23. The molecule has 0 spiro atoms. The van der Waals surface area contributed by atoms with Gasteiger partial charge in [0.25, 0.3) is 0 Å². The summed E-state index contributed by atoms with van der Waals surface area (Å²) in [5.74, 6) is -1.63. The topological polar surface area (TPSA) is 12.0 Å². The van der Waals surface area contributed by atoms with Crippen molar-refractivity contribution < 1.29 is 8.78 Å². The van der Waals surface area contributed by atoms with Gasteiger partial charge in [0.2, 0.25) is 0 Å². The van der Waals surface area contributed by atoms with Crippen LogP contribution in [0.3, 0.4) is 0 Å². The van der Waals surface area contributed by atoms with Gasteiger partial charge < -0.3 is 5.32 Å². The lowest BCUT2D eigenvalue weighted by Crippen LogP contribution is -2.26. The first kappa shape index (κ1) is 15.4. The molecule has 1 unspecified atom stereocenters. The van der Waals surface area contributed by atoms with Crippen LogP contribution < -0.4 is 5.32 Å². The zero-order valence-corrected chi connectivity index (χ0v) is 11.8. The van der Waals surface area contributed by atoms with E-state index in [0.29, 0.717) is 18.7 Å². The Bertz CT molecular complexity index is 388. The van der Waals surface area contributed by atoms with E-state index in [2.05, 4.69) is 26.1 Å². The van der Waals surface area contributed by atoms with E-state index in [9.17, 15) is 8.78 Å². The first-order valence-electron chi connectivity index (χ1n) is 6.06. The van der Waals surface area contributed by atoms with E-state index in [4.69, 9.17) is 11.6 Å². The van der Waals surface area contributed by atoms with Crippen LogP contribution in [0.25, 0.3) is 0 Å². The summed E-state index contributed by atoms with van der Waals surface area (Å²) in [4.78, 5) is 0. The summed E-state index contributed by atoms with van der Waals surface area (Å²) in [6.45, 7) is 7.55. The highest BCUT2D eigenvalue weighted by Gasteiger charge is 2.16. The second-order valence-electron chi connectivity index (χ2n) is 5.74. The summed E-state index contributed by atoms with van der Waals surface area (Å²) in [5, 5.41) is 3.19. The smallest absolute Gasteiger partial charge is 0.159 e. The molecule has 1 nitrogen and oxygen atoms in total. The van der Waals surface area contributed by atoms with Crippen LogP contribution in [0.2, 0.25) is 0 Å². The lowest BCUT2D eigenvalue weighted by atomic mass is 9.90. The lowest BCUT2D eigenvalue weighted by Gasteiger charge is -2.22. The zero-order valence-electron chi connectivity index (χ0n) is 11.1. The summed E-state index contributed by atoms with van der Waals surface area (Å²) in [7, 11) is 0. The molecule has 0 saturated carbocycles. The second kappa shape index (κ2) is 6.48. The normalized spacial score (nSPS) is 13.7. The molecular formula is C14H20ClF2N. The van der Waals surface area contributed by atoms with Crippen LogP contribution in [0.1, 0.15) is 32.8 Å². The molecule has 1 N–H and O–H groups in total. The molecule has 0 saturated heterocycles. The lowest BCUT2D eigenvalue weighted by molar-refractivity contribution is 0.364. The van der Waals surface area contributed by atoms with Gasteiger partial charge in [0.15, 0.2) is 11.6 Å². The zero-order chi connectivity index (χ0) is 13.8. The van der Waals surface area contributed by atoms with Crippen molar-refractivity contribution in [1.82, 2.24) is 5.32 Å². The van der Waals surface area contributed by atoms with Gasteiger partial charge in [0.1, 0.15) is 0 Å². The standard InChI is InChI=1S/C14H20ClF2N/c1-14(2,3)7-11(15)9-18-8-10-4-5-12(16)13(17)6-10/h4-6,11,18H,7-9H2,1-3H3. The summed E-state index contributed by atoms with van der Waals surface area (Å²) >= 11 is 6.19. The first-order chi connectivity index (χ1) is 8.28. The van der Waals surface area contributed by atoms with Gasteiger partial charge in [-0.3, -0.25) is 0 Å². The van der Waals surface area contributed by atoms with Gasteiger partial charge in [-0.15, -0.1) is 11.6 Å². The first-order valence-corrected chi connectivity index (χ1v) is 6.50. The van der Waals surface area contributed by atoms with Gasteiger partial charge in [0.05, 0.1) is 0 Å². The largest absolute Gasteiger partial charge is 0.311 e. The second-order valence-corrected chi connectivity index (χ2v) is 6.36. The fourth-order valence-corrected chi connectivity index (χ4v) is 2.33. The minimum Gasteiger partial charge on any atom is -0.311 e. The Labute approximate surface area is 113 Å². The molecule has 1 rings (SSSR count).